The van der Waals surface area contributed by atoms with Crippen LogP contribution in [0.3, 0.4) is 0 Å². The summed E-state index contributed by atoms with van der Waals surface area (Å²) < 4.78 is 102. The van der Waals surface area contributed by atoms with Crippen molar-refractivity contribution >= 4 is 11.9 Å². The number of esters is 2. The van der Waals surface area contributed by atoms with E-state index >= 15 is 0 Å². The van der Waals surface area contributed by atoms with E-state index in [9.17, 15) is 35.9 Å². The number of rotatable bonds is 4. The lowest BCUT2D eigenvalue weighted by atomic mass is 9.51. The number of halogens is 6. The van der Waals surface area contributed by atoms with Gasteiger partial charge in [-0.25, -0.2) is 0 Å². The van der Waals surface area contributed by atoms with Gasteiger partial charge in [0.05, 0.1) is 28.6 Å². The van der Waals surface area contributed by atoms with Crippen LogP contribution in [0.15, 0.2) is 0 Å². The molecule has 218 valence electrons. The van der Waals surface area contributed by atoms with Crippen LogP contribution in [0.1, 0.15) is 81.1 Å². The van der Waals surface area contributed by atoms with Gasteiger partial charge < -0.3 is 14.2 Å². The SMILES string of the molecule is CC1C(C2C(=O)OC(=O)C2CC(C)(C)C2CC(C)(C)OC2(C)C)C2CCC1(C)OC2(C(F)(F)F)C(F)(F)F. The van der Waals surface area contributed by atoms with Crippen LogP contribution < -0.4 is 0 Å². The maximum atomic E-state index is 14.4. The molecule has 7 unspecified atom stereocenters. The number of hydrogen-bond donors (Lipinski definition) is 0. The molecule has 0 spiro atoms. The Morgan fingerprint density at radius 1 is 0.895 bits per heavy atom. The summed E-state index contributed by atoms with van der Waals surface area (Å²) in [5.41, 5.74) is -7.93. The smallest absolute Gasteiger partial charge is 0.393 e. The minimum Gasteiger partial charge on any atom is -0.393 e. The zero-order valence-corrected chi connectivity index (χ0v) is 23.1. The van der Waals surface area contributed by atoms with Crippen molar-refractivity contribution in [1.82, 2.24) is 0 Å². The second kappa shape index (κ2) is 8.33. The zero-order valence-electron chi connectivity index (χ0n) is 23.1. The number of fused-ring (bicyclic) bond motifs is 3. The molecule has 0 radical (unpaired) electrons. The van der Waals surface area contributed by atoms with E-state index in [4.69, 9.17) is 14.2 Å². The first-order chi connectivity index (χ1) is 16.9. The molecule has 0 aromatic rings. The molecule has 11 heteroatoms. The largest absolute Gasteiger partial charge is 0.426 e. The van der Waals surface area contributed by atoms with E-state index in [1.807, 2.05) is 41.5 Å². The Hall–Kier alpha value is -1.36. The lowest BCUT2D eigenvalue weighted by Gasteiger charge is -2.63. The molecule has 1 aliphatic carbocycles. The van der Waals surface area contributed by atoms with Gasteiger partial charge in [0.1, 0.15) is 0 Å². The van der Waals surface area contributed by atoms with Crippen molar-refractivity contribution in [3.05, 3.63) is 0 Å². The van der Waals surface area contributed by atoms with Crippen molar-refractivity contribution in [2.24, 2.45) is 40.9 Å². The van der Waals surface area contributed by atoms with Crippen LogP contribution in [-0.2, 0) is 23.8 Å². The molecule has 5 fully saturated rings. The Labute approximate surface area is 219 Å². The number of carbonyl (C=O) groups excluding carboxylic acids is 2. The molecule has 38 heavy (non-hydrogen) atoms. The van der Waals surface area contributed by atoms with Crippen molar-refractivity contribution in [2.45, 2.75) is 116 Å². The van der Waals surface area contributed by atoms with Crippen molar-refractivity contribution in [3.63, 3.8) is 0 Å². The Bertz CT molecular complexity index is 985. The average Bonchev–Trinajstić information content (AvgIpc) is 3.10. The molecule has 5 nitrogen and oxygen atoms in total. The molecule has 0 aromatic heterocycles. The van der Waals surface area contributed by atoms with E-state index < -0.39 is 88.1 Å². The summed E-state index contributed by atoms with van der Waals surface area (Å²) in [6.07, 6.45) is -11.3. The molecule has 4 saturated heterocycles. The highest BCUT2D eigenvalue weighted by Crippen LogP contribution is 2.67. The van der Waals surface area contributed by atoms with Crippen LogP contribution in [0, 0.1) is 40.9 Å². The van der Waals surface area contributed by atoms with Gasteiger partial charge in [0, 0.05) is 5.92 Å². The predicted octanol–water partition coefficient (Wildman–Crippen LogP) is 6.63. The van der Waals surface area contributed by atoms with Crippen LogP contribution in [0.2, 0.25) is 0 Å². The van der Waals surface area contributed by atoms with E-state index in [1.165, 1.54) is 13.8 Å². The normalized spacial score (nSPS) is 40.5. The summed E-state index contributed by atoms with van der Waals surface area (Å²) in [6.45, 7) is 14.3. The molecule has 2 bridgehead atoms. The Morgan fingerprint density at radius 2 is 1.45 bits per heavy atom. The molecule has 1 saturated carbocycles. The van der Waals surface area contributed by atoms with Gasteiger partial charge in [-0.1, -0.05) is 20.8 Å². The Balaban J connectivity index is 1.77. The van der Waals surface area contributed by atoms with Crippen molar-refractivity contribution in [3.8, 4) is 0 Å². The van der Waals surface area contributed by atoms with E-state index in [0.717, 1.165) is 0 Å². The summed E-state index contributed by atoms with van der Waals surface area (Å²) in [6, 6.07) is 0. The number of cyclic esters (lactones) is 2. The second-order valence-corrected chi connectivity index (χ2v) is 13.9. The van der Waals surface area contributed by atoms with Crippen LogP contribution >= 0.6 is 0 Å². The summed E-state index contributed by atoms with van der Waals surface area (Å²) in [5, 5.41) is 0. The lowest BCUT2D eigenvalue weighted by Crippen LogP contribution is -2.76. The van der Waals surface area contributed by atoms with Crippen LogP contribution in [0.4, 0.5) is 26.3 Å². The molecular weight excluding hydrogens is 518 g/mol. The van der Waals surface area contributed by atoms with Gasteiger partial charge in [-0.05, 0) is 83.5 Å². The van der Waals surface area contributed by atoms with Crippen LogP contribution in [0.25, 0.3) is 0 Å². The zero-order chi connectivity index (χ0) is 29.1. The molecule has 4 heterocycles. The van der Waals surface area contributed by atoms with E-state index in [0.29, 0.717) is 6.42 Å². The van der Waals surface area contributed by atoms with Gasteiger partial charge in [0.2, 0.25) is 0 Å². The number of ether oxygens (including phenoxy) is 3. The van der Waals surface area contributed by atoms with Gasteiger partial charge in [-0.15, -0.1) is 0 Å². The van der Waals surface area contributed by atoms with Gasteiger partial charge in [-0.2, -0.15) is 26.3 Å². The molecule has 0 aromatic carbocycles. The van der Waals surface area contributed by atoms with E-state index in [2.05, 4.69) is 0 Å². The van der Waals surface area contributed by atoms with Gasteiger partial charge in [0.15, 0.2) is 0 Å². The van der Waals surface area contributed by atoms with Gasteiger partial charge in [0.25, 0.3) is 5.60 Å². The summed E-state index contributed by atoms with van der Waals surface area (Å²) in [4.78, 5) is 26.1. The average molecular weight is 557 g/mol. The third kappa shape index (κ3) is 4.20. The number of hydrogen-bond acceptors (Lipinski definition) is 5. The Kier molecular flexibility index (Phi) is 6.49. The fourth-order valence-electron chi connectivity index (χ4n) is 8.62. The first kappa shape index (κ1) is 29.6. The maximum Gasteiger partial charge on any atom is 0.426 e. The first-order valence-corrected chi connectivity index (χ1v) is 13.2. The quantitative estimate of drug-likeness (QED) is 0.221. The molecule has 7 atom stereocenters. The molecule has 0 N–H and O–H groups in total. The summed E-state index contributed by atoms with van der Waals surface area (Å²) in [7, 11) is 0. The highest BCUT2D eigenvalue weighted by molar-refractivity contribution is 5.96. The topological polar surface area (TPSA) is 61.8 Å². The molecule has 5 rings (SSSR count). The molecule has 4 aliphatic heterocycles. The van der Waals surface area contributed by atoms with E-state index in [-0.39, 0.29) is 18.8 Å². The lowest BCUT2D eigenvalue weighted by molar-refractivity contribution is -0.460. The van der Waals surface area contributed by atoms with Gasteiger partial charge >= 0.3 is 24.3 Å². The standard InChI is InChI=1S/C27H38F6O5/c1-13-17(15-9-10-24(13,8)38-25(15,26(28,29)30)27(31,32)33)18-14(19(34)36-20(18)35)11-21(2,3)16-12-22(4,5)37-23(16,6)7/h13-18H,9-12H2,1-8H3. The van der Waals surface area contributed by atoms with Gasteiger partial charge in [-0.3, -0.25) is 9.59 Å². The Morgan fingerprint density at radius 3 is 1.92 bits per heavy atom. The maximum absolute atomic E-state index is 14.4. The molecule has 0 amide bonds. The third-order valence-corrected chi connectivity index (χ3v) is 10.1. The fraction of sp³-hybridized carbons (Fsp3) is 0.926. The van der Waals surface area contributed by atoms with E-state index in [1.54, 1.807) is 0 Å². The molecular formula is C27H38F6O5. The predicted molar refractivity (Wildman–Crippen MR) is 124 cm³/mol. The minimum atomic E-state index is -5.77. The number of alkyl halides is 6. The van der Waals surface area contributed by atoms with Crippen molar-refractivity contribution < 1.29 is 50.1 Å². The highest BCUT2D eigenvalue weighted by atomic mass is 19.4. The highest BCUT2D eigenvalue weighted by Gasteiger charge is 2.83. The fourth-order valence-corrected chi connectivity index (χ4v) is 8.62. The minimum absolute atomic E-state index is 0.0161. The number of carbonyl (C=O) groups is 2. The summed E-state index contributed by atoms with van der Waals surface area (Å²) in [5.74, 6) is -9.00. The first-order valence-electron chi connectivity index (χ1n) is 13.2. The van der Waals surface area contributed by atoms with Crippen LogP contribution in [-0.4, -0.2) is 46.7 Å². The van der Waals surface area contributed by atoms with Crippen LogP contribution in [0.5, 0.6) is 0 Å². The monoisotopic (exact) mass is 556 g/mol. The molecule has 5 aliphatic rings. The third-order valence-electron chi connectivity index (χ3n) is 10.1. The van der Waals surface area contributed by atoms with Crippen molar-refractivity contribution in [2.75, 3.05) is 0 Å². The summed E-state index contributed by atoms with van der Waals surface area (Å²) >= 11 is 0. The van der Waals surface area contributed by atoms with Crippen molar-refractivity contribution in [1.29, 1.82) is 0 Å². The second-order valence-electron chi connectivity index (χ2n) is 13.9.